The van der Waals surface area contributed by atoms with Gasteiger partial charge < -0.3 is 21.1 Å². The molecule has 5 heteroatoms. The zero-order valence-corrected chi connectivity index (χ0v) is 11.3. The second-order valence-electron chi connectivity index (χ2n) is 4.14. The van der Waals surface area contributed by atoms with E-state index in [-0.39, 0.29) is 6.04 Å². The zero-order valence-electron chi connectivity index (χ0n) is 9.73. The van der Waals surface area contributed by atoms with Crippen LogP contribution in [-0.2, 0) is 4.74 Å². The van der Waals surface area contributed by atoms with E-state index in [1.54, 1.807) is 0 Å². The van der Waals surface area contributed by atoms with Crippen LogP contribution in [0.5, 0.6) is 0 Å². The fraction of sp³-hybridized carbons (Fsp3) is 0.500. The van der Waals surface area contributed by atoms with Crippen LogP contribution in [0.4, 0.5) is 5.69 Å². The Balaban J connectivity index is 2.30. The van der Waals surface area contributed by atoms with Crippen LogP contribution in [0.15, 0.2) is 22.7 Å². The van der Waals surface area contributed by atoms with E-state index >= 15 is 0 Å². The smallest absolute Gasteiger partial charge is 0.0642 e. The maximum Gasteiger partial charge on any atom is 0.0642 e. The fourth-order valence-corrected chi connectivity index (χ4v) is 2.42. The van der Waals surface area contributed by atoms with E-state index in [9.17, 15) is 0 Å². The van der Waals surface area contributed by atoms with Gasteiger partial charge in [0.2, 0.25) is 0 Å². The maximum atomic E-state index is 6.07. The van der Waals surface area contributed by atoms with Crippen molar-refractivity contribution in [2.45, 2.75) is 6.04 Å². The largest absolute Gasteiger partial charge is 0.378 e. The molecule has 1 saturated heterocycles. The summed E-state index contributed by atoms with van der Waals surface area (Å²) in [5, 5.41) is 0. The van der Waals surface area contributed by atoms with Gasteiger partial charge in [0.1, 0.15) is 0 Å². The van der Waals surface area contributed by atoms with Gasteiger partial charge >= 0.3 is 0 Å². The monoisotopic (exact) mass is 299 g/mol. The van der Waals surface area contributed by atoms with Gasteiger partial charge in [0.05, 0.1) is 13.2 Å². The second kappa shape index (κ2) is 5.82. The molecule has 2 rings (SSSR count). The summed E-state index contributed by atoms with van der Waals surface area (Å²) >= 11 is 3.48. The SMILES string of the molecule is NCC(N)c1cc(Br)ccc1N1CCOCC1. The first-order valence-corrected chi connectivity index (χ1v) is 6.59. The van der Waals surface area contributed by atoms with Crippen LogP contribution in [0.1, 0.15) is 11.6 Å². The predicted octanol–water partition coefficient (Wildman–Crippen LogP) is 1.24. The van der Waals surface area contributed by atoms with Crippen molar-refractivity contribution in [1.29, 1.82) is 0 Å². The Morgan fingerprint density at radius 3 is 2.71 bits per heavy atom. The molecular weight excluding hydrogens is 282 g/mol. The molecule has 4 nitrogen and oxygen atoms in total. The minimum Gasteiger partial charge on any atom is -0.378 e. The summed E-state index contributed by atoms with van der Waals surface area (Å²) in [4.78, 5) is 2.31. The minimum atomic E-state index is -0.120. The lowest BCUT2D eigenvalue weighted by molar-refractivity contribution is 0.122. The summed E-state index contributed by atoms with van der Waals surface area (Å²) < 4.78 is 6.40. The molecule has 0 amide bonds. The molecule has 1 aliphatic heterocycles. The van der Waals surface area contributed by atoms with Crippen LogP contribution in [0, 0.1) is 0 Å². The third kappa shape index (κ3) is 2.98. The predicted molar refractivity (Wildman–Crippen MR) is 73.2 cm³/mol. The number of hydrogen-bond donors (Lipinski definition) is 2. The van der Waals surface area contributed by atoms with Crippen molar-refractivity contribution in [3.63, 3.8) is 0 Å². The third-order valence-corrected chi connectivity index (χ3v) is 3.49. The van der Waals surface area contributed by atoms with E-state index in [0.29, 0.717) is 6.54 Å². The number of nitrogens with zero attached hydrogens (tertiary/aromatic N) is 1. The molecule has 4 N–H and O–H groups in total. The molecule has 0 radical (unpaired) electrons. The maximum absolute atomic E-state index is 6.07. The molecule has 1 aliphatic rings. The topological polar surface area (TPSA) is 64.5 Å². The van der Waals surface area contributed by atoms with Gasteiger partial charge in [0.25, 0.3) is 0 Å². The van der Waals surface area contributed by atoms with Crippen LogP contribution < -0.4 is 16.4 Å². The van der Waals surface area contributed by atoms with Crippen molar-refractivity contribution in [3.05, 3.63) is 28.2 Å². The summed E-state index contributed by atoms with van der Waals surface area (Å²) in [6.45, 7) is 3.81. The minimum absolute atomic E-state index is 0.120. The van der Waals surface area contributed by atoms with Crippen LogP contribution in [0.2, 0.25) is 0 Å². The Morgan fingerprint density at radius 1 is 1.35 bits per heavy atom. The van der Waals surface area contributed by atoms with Crippen molar-refractivity contribution >= 4 is 21.6 Å². The Bertz CT molecular complexity index is 380. The molecule has 0 aromatic heterocycles. The van der Waals surface area contributed by atoms with Gasteiger partial charge in [-0.1, -0.05) is 15.9 Å². The van der Waals surface area contributed by atoms with Crippen molar-refractivity contribution in [2.75, 3.05) is 37.7 Å². The first kappa shape index (κ1) is 12.8. The molecule has 94 valence electrons. The molecule has 1 fully saturated rings. The number of anilines is 1. The molecule has 1 atom stereocenters. The molecule has 0 spiro atoms. The zero-order chi connectivity index (χ0) is 12.3. The average molecular weight is 300 g/mol. The Hall–Kier alpha value is -0.620. The first-order chi connectivity index (χ1) is 8.22. The highest BCUT2D eigenvalue weighted by Gasteiger charge is 2.17. The Morgan fingerprint density at radius 2 is 2.06 bits per heavy atom. The van der Waals surface area contributed by atoms with Gasteiger partial charge in [-0.2, -0.15) is 0 Å². The molecule has 1 heterocycles. The summed E-state index contributed by atoms with van der Waals surface area (Å²) in [5.41, 5.74) is 14.0. The molecule has 17 heavy (non-hydrogen) atoms. The third-order valence-electron chi connectivity index (χ3n) is 2.99. The van der Waals surface area contributed by atoms with E-state index < -0.39 is 0 Å². The number of halogens is 1. The Kier molecular flexibility index (Phi) is 4.39. The van der Waals surface area contributed by atoms with Crippen molar-refractivity contribution in [3.8, 4) is 0 Å². The van der Waals surface area contributed by atoms with Gasteiger partial charge in [-0.3, -0.25) is 0 Å². The average Bonchev–Trinajstić information content (AvgIpc) is 2.38. The van der Waals surface area contributed by atoms with Crippen molar-refractivity contribution in [2.24, 2.45) is 11.5 Å². The van der Waals surface area contributed by atoms with Gasteiger partial charge in [-0.25, -0.2) is 0 Å². The number of rotatable bonds is 3. The molecule has 0 aliphatic carbocycles. The highest BCUT2D eigenvalue weighted by atomic mass is 79.9. The van der Waals surface area contributed by atoms with Crippen LogP contribution >= 0.6 is 15.9 Å². The Labute approximate surface area is 110 Å². The summed E-state index contributed by atoms with van der Waals surface area (Å²) in [7, 11) is 0. The standard InChI is InChI=1S/C12H18BrN3O/c13-9-1-2-12(10(7-9)11(15)8-14)16-3-5-17-6-4-16/h1-2,7,11H,3-6,8,14-15H2. The van der Waals surface area contributed by atoms with Crippen LogP contribution in [-0.4, -0.2) is 32.8 Å². The van der Waals surface area contributed by atoms with Gasteiger partial charge in [0, 0.05) is 35.8 Å². The number of hydrogen-bond acceptors (Lipinski definition) is 4. The summed E-state index contributed by atoms with van der Waals surface area (Å²) in [5.74, 6) is 0. The lowest BCUT2D eigenvalue weighted by Crippen LogP contribution is -2.37. The van der Waals surface area contributed by atoms with E-state index in [1.807, 2.05) is 6.07 Å². The lowest BCUT2D eigenvalue weighted by atomic mass is 10.0. The van der Waals surface area contributed by atoms with Crippen molar-refractivity contribution in [1.82, 2.24) is 0 Å². The molecule has 1 aromatic carbocycles. The highest BCUT2D eigenvalue weighted by Crippen LogP contribution is 2.28. The van der Waals surface area contributed by atoms with E-state index in [4.69, 9.17) is 16.2 Å². The quantitative estimate of drug-likeness (QED) is 0.881. The fourth-order valence-electron chi connectivity index (χ4n) is 2.04. The van der Waals surface area contributed by atoms with E-state index in [1.165, 1.54) is 5.69 Å². The van der Waals surface area contributed by atoms with E-state index in [2.05, 4.69) is 33.0 Å². The highest BCUT2D eigenvalue weighted by molar-refractivity contribution is 9.10. The number of morpholine rings is 1. The van der Waals surface area contributed by atoms with Gasteiger partial charge in [-0.15, -0.1) is 0 Å². The molecule has 1 aromatic rings. The number of ether oxygens (including phenoxy) is 1. The van der Waals surface area contributed by atoms with Gasteiger partial charge in [0.15, 0.2) is 0 Å². The normalized spacial score (nSPS) is 18.2. The van der Waals surface area contributed by atoms with Crippen molar-refractivity contribution < 1.29 is 4.74 Å². The van der Waals surface area contributed by atoms with Crippen LogP contribution in [0.25, 0.3) is 0 Å². The molecule has 0 saturated carbocycles. The number of nitrogens with two attached hydrogens (primary N) is 2. The number of benzene rings is 1. The molecular formula is C12H18BrN3O. The lowest BCUT2D eigenvalue weighted by Gasteiger charge is -2.31. The van der Waals surface area contributed by atoms with Crippen LogP contribution in [0.3, 0.4) is 0 Å². The summed E-state index contributed by atoms with van der Waals surface area (Å²) in [6.07, 6.45) is 0. The van der Waals surface area contributed by atoms with E-state index in [0.717, 1.165) is 36.3 Å². The molecule has 0 bridgehead atoms. The summed E-state index contributed by atoms with van der Waals surface area (Å²) in [6, 6.07) is 6.07. The molecule has 1 unspecified atom stereocenters. The van der Waals surface area contributed by atoms with Gasteiger partial charge in [-0.05, 0) is 23.8 Å². The second-order valence-corrected chi connectivity index (χ2v) is 5.06. The first-order valence-electron chi connectivity index (χ1n) is 5.80.